The molecule has 0 aliphatic carbocycles. The number of amides is 1. The molecule has 34 heavy (non-hydrogen) atoms. The van der Waals surface area contributed by atoms with Gasteiger partial charge < -0.3 is 24.1 Å². The molecule has 1 saturated heterocycles. The van der Waals surface area contributed by atoms with Crippen molar-refractivity contribution in [1.29, 1.82) is 0 Å². The number of carbonyl (C=O) groups excluding carboxylic acids is 2. The van der Waals surface area contributed by atoms with E-state index in [1.807, 2.05) is 30.5 Å². The number of nitrogens with zero attached hydrogens (tertiary/aromatic N) is 3. The highest BCUT2D eigenvalue weighted by Gasteiger charge is 2.28. The van der Waals surface area contributed by atoms with E-state index in [0.29, 0.717) is 24.4 Å². The lowest BCUT2D eigenvalue weighted by molar-refractivity contribution is -0.142. The molecule has 1 atom stereocenters. The minimum atomic E-state index is -0.786. The van der Waals surface area contributed by atoms with E-state index in [0.717, 1.165) is 54.3 Å². The fourth-order valence-electron chi connectivity index (χ4n) is 4.37. The van der Waals surface area contributed by atoms with Gasteiger partial charge in [-0.3, -0.25) is 9.69 Å². The Bertz CT molecular complexity index is 1140. The van der Waals surface area contributed by atoms with Gasteiger partial charge in [-0.05, 0) is 24.4 Å². The lowest BCUT2D eigenvalue weighted by Gasteiger charge is -2.27. The van der Waals surface area contributed by atoms with Crippen molar-refractivity contribution in [3.8, 4) is 5.88 Å². The smallest absolute Gasteiger partial charge is 0.328 e. The second kappa shape index (κ2) is 11.0. The standard InChI is InChI=1S/C24H30N4O5S/c1-16-20(22(29)26-19(24(30)32-3)15-17-5-4-14-34-17)18-6-7-25-23(31-2)21(18)28(16)9-8-27-10-12-33-13-11-27/h4-7,14,19H,8-13,15H2,1-3H3,(H,26,29)/t19-/m0/s1. The van der Waals surface area contributed by atoms with Gasteiger partial charge in [0.05, 0.1) is 33.0 Å². The number of hydrogen-bond acceptors (Lipinski definition) is 8. The molecule has 0 radical (unpaired) electrons. The lowest BCUT2D eigenvalue weighted by Crippen LogP contribution is -2.43. The van der Waals surface area contributed by atoms with Crippen molar-refractivity contribution in [1.82, 2.24) is 19.8 Å². The minimum absolute atomic E-state index is 0.326. The Hall–Kier alpha value is -2.95. The first-order chi connectivity index (χ1) is 16.5. The Morgan fingerprint density at radius 3 is 2.71 bits per heavy atom. The summed E-state index contributed by atoms with van der Waals surface area (Å²) in [6.45, 7) is 6.62. The molecule has 4 heterocycles. The summed E-state index contributed by atoms with van der Waals surface area (Å²) in [5.41, 5.74) is 2.08. The summed E-state index contributed by atoms with van der Waals surface area (Å²) < 4.78 is 18.0. The highest BCUT2D eigenvalue weighted by atomic mass is 32.1. The van der Waals surface area contributed by atoms with Crippen LogP contribution >= 0.6 is 11.3 Å². The highest BCUT2D eigenvalue weighted by Crippen LogP contribution is 2.31. The highest BCUT2D eigenvalue weighted by molar-refractivity contribution is 7.09. The molecule has 182 valence electrons. The topological polar surface area (TPSA) is 94.9 Å². The zero-order valence-electron chi connectivity index (χ0n) is 19.7. The number of thiophene rings is 1. The van der Waals surface area contributed by atoms with Gasteiger partial charge in [-0.1, -0.05) is 6.07 Å². The van der Waals surface area contributed by atoms with Crippen LogP contribution in [0.15, 0.2) is 29.8 Å². The van der Waals surface area contributed by atoms with Crippen molar-refractivity contribution >= 4 is 34.1 Å². The molecule has 1 aliphatic heterocycles. The summed E-state index contributed by atoms with van der Waals surface area (Å²) >= 11 is 1.54. The van der Waals surface area contributed by atoms with Crippen molar-refractivity contribution in [3.63, 3.8) is 0 Å². The van der Waals surface area contributed by atoms with Crippen LogP contribution in [-0.2, 0) is 27.2 Å². The monoisotopic (exact) mass is 486 g/mol. The third-order valence-electron chi connectivity index (χ3n) is 6.14. The summed E-state index contributed by atoms with van der Waals surface area (Å²) in [6.07, 6.45) is 2.00. The summed E-state index contributed by atoms with van der Waals surface area (Å²) in [5.74, 6) is -0.340. The Morgan fingerprint density at radius 2 is 2.03 bits per heavy atom. The fourth-order valence-corrected chi connectivity index (χ4v) is 5.12. The number of rotatable bonds is 9. The van der Waals surface area contributed by atoms with Gasteiger partial charge in [0, 0.05) is 54.8 Å². The molecule has 1 N–H and O–H groups in total. The molecular weight excluding hydrogens is 456 g/mol. The number of fused-ring (bicyclic) bond motifs is 1. The molecule has 1 fully saturated rings. The van der Waals surface area contributed by atoms with Gasteiger partial charge in [0.2, 0.25) is 5.88 Å². The van der Waals surface area contributed by atoms with E-state index in [-0.39, 0.29) is 5.91 Å². The maximum absolute atomic E-state index is 13.5. The maximum Gasteiger partial charge on any atom is 0.328 e. The summed E-state index contributed by atoms with van der Waals surface area (Å²) in [7, 11) is 2.90. The van der Waals surface area contributed by atoms with E-state index in [1.54, 1.807) is 13.3 Å². The van der Waals surface area contributed by atoms with Gasteiger partial charge in [0.1, 0.15) is 11.6 Å². The van der Waals surface area contributed by atoms with E-state index < -0.39 is 12.0 Å². The first-order valence-electron chi connectivity index (χ1n) is 11.3. The van der Waals surface area contributed by atoms with Crippen LogP contribution < -0.4 is 10.1 Å². The Labute approximate surface area is 202 Å². The SMILES string of the molecule is COC(=O)[C@H](Cc1cccs1)NC(=O)c1c(C)n(CCN2CCOCC2)c2c(OC)nccc12. The van der Waals surface area contributed by atoms with E-state index >= 15 is 0 Å². The number of ether oxygens (including phenoxy) is 3. The molecule has 0 bridgehead atoms. The molecule has 0 spiro atoms. The zero-order chi connectivity index (χ0) is 24.1. The number of methoxy groups -OCH3 is 2. The van der Waals surface area contributed by atoms with E-state index in [4.69, 9.17) is 14.2 Å². The van der Waals surface area contributed by atoms with Crippen LogP contribution in [0.4, 0.5) is 0 Å². The van der Waals surface area contributed by atoms with Crippen LogP contribution in [-0.4, -0.2) is 79.4 Å². The molecule has 1 amide bonds. The van der Waals surface area contributed by atoms with Crippen molar-refractivity contribution in [2.45, 2.75) is 25.9 Å². The summed E-state index contributed by atoms with van der Waals surface area (Å²) in [5, 5.41) is 5.58. The Morgan fingerprint density at radius 1 is 1.24 bits per heavy atom. The van der Waals surface area contributed by atoms with Crippen LogP contribution in [0.2, 0.25) is 0 Å². The Kier molecular flexibility index (Phi) is 7.81. The van der Waals surface area contributed by atoms with Gasteiger partial charge in [-0.2, -0.15) is 0 Å². The number of aromatic nitrogens is 2. The number of nitrogens with one attached hydrogen (secondary N) is 1. The molecule has 4 rings (SSSR count). The van der Waals surface area contributed by atoms with E-state index in [2.05, 4.69) is 19.8 Å². The number of hydrogen-bond donors (Lipinski definition) is 1. The summed E-state index contributed by atoms with van der Waals surface area (Å²) in [4.78, 5) is 33.7. The molecule has 0 aromatic carbocycles. The quantitative estimate of drug-likeness (QED) is 0.464. The van der Waals surface area contributed by atoms with Gasteiger partial charge in [0.15, 0.2) is 0 Å². The molecule has 0 saturated carbocycles. The summed E-state index contributed by atoms with van der Waals surface area (Å²) in [6, 6.07) is 4.89. The molecule has 0 unspecified atom stereocenters. The average molecular weight is 487 g/mol. The van der Waals surface area contributed by atoms with Gasteiger partial charge in [-0.25, -0.2) is 9.78 Å². The third kappa shape index (κ3) is 5.08. The van der Waals surface area contributed by atoms with Crippen LogP contribution in [0.5, 0.6) is 5.88 Å². The maximum atomic E-state index is 13.5. The number of pyridine rings is 1. The second-order valence-electron chi connectivity index (χ2n) is 8.12. The molecule has 3 aromatic heterocycles. The molecule has 10 heteroatoms. The zero-order valence-corrected chi connectivity index (χ0v) is 20.5. The van der Waals surface area contributed by atoms with Gasteiger partial charge in [0.25, 0.3) is 5.91 Å². The van der Waals surface area contributed by atoms with Crippen LogP contribution in [0, 0.1) is 6.92 Å². The third-order valence-corrected chi connectivity index (χ3v) is 7.04. The number of carbonyl (C=O) groups is 2. The number of morpholine rings is 1. The van der Waals surface area contributed by atoms with Gasteiger partial charge in [-0.15, -0.1) is 11.3 Å². The molecule has 9 nitrogen and oxygen atoms in total. The van der Waals surface area contributed by atoms with E-state index in [1.165, 1.54) is 18.4 Å². The molecule has 1 aliphatic rings. The fraction of sp³-hybridized carbons (Fsp3) is 0.458. The van der Waals surface area contributed by atoms with Crippen molar-refractivity contribution in [2.75, 3.05) is 47.1 Å². The molecular formula is C24H30N4O5S. The second-order valence-corrected chi connectivity index (χ2v) is 9.15. The van der Waals surface area contributed by atoms with Crippen molar-refractivity contribution < 1.29 is 23.8 Å². The van der Waals surface area contributed by atoms with Crippen LogP contribution in [0.25, 0.3) is 10.9 Å². The van der Waals surface area contributed by atoms with E-state index in [9.17, 15) is 9.59 Å². The average Bonchev–Trinajstić information content (AvgIpc) is 3.47. The van der Waals surface area contributed by atoms with Crippen molar-refractivity contribution in [2.24, 2.45) is 0 Å². The minimum Gasteiger partial charge on any atom is -0.479 e. The predicted octanol–water partition coefficient (Wildman–Crippen LogP) is 2.26. The normalized spacial score (nSPS) is 15.3. The van der Waals surface area contributed by atoms with Crippen LogP contribution in [0.1, 0.15) is 20.9 Å². The van der Waals surface area contributed by atoms with Crippen LogP contribution in [0.3, 0.4) is 0 Å². The molecule has 3 aromatic rings. The Balaban J connectivity index is 1.66. The first-order valence-corrected chi connectivity index (χ1v) is 12.1. The first kappa shape index (κ1) is 24.2. The number of esters is 1. The van der Waals surface area contributed by atoms with Crippen molar-refractivity contribution in [3.05, 3.63) is 45.9 Å². The predicted molar refractivity (Wildman–Crippen MR) is 130 cm³/mol. The lowest BCUT2D eigenvalue weighted by atomic mass is 10.1. The largest absolute Gasteiger partial charge is 0.479 e. The van der Waals surface area contributed by atoms with Gasteiger partial charge >= 0.3 is 5.97 Å².